The topological polar surface area (TPSA) is 60.5 Å². The SMILES string of the molecule is COC(=O)c1ccnc(Nc2cc(OC)ccc2Br)c1. The average Bonchev–Trinajstić information content (AvgIpc) is 2.49. The highest BCUT2D eigenvalue weighted by Crippen LogP contribution is 2.29. The van der Waals surface area contributed by atoms with Crippen molar-refractivity contribution >= 4 is 33.4 Å². The van der Waals surface area contributed by atoms with Crippen molar-refractivity contribution in [3.8, 4) is 5.75 Å². The van der Waals surface area contributed by atoms with Crippen LogP contribution in [0.1, 0.15) is 10.4 Å². The molecule has 0 spiro atoms. The predicted molar refractivity (Wildman–Crippen MR) is 79.6 cm³/mol. The number of carbonyl (C=O) groups excluding carboxylic acids is 1. The number of carbonyl (C=O) groups is 1. The van der Waals surface area contributed by atoms with Crippen LogP contribution in [-0.4, -0.2) is 25.2 Å². The third kappa shape index (κ3) is 3.27. The summed E-state index contributed by atoms with van der Waals surface area (Å²) in [6.07, 6.45) is 1.54. The van der Waals surface area contributed by atoms with E-state index in [-0.39, 0.29) is 0 Å². The standard InChI is InChI=1S/C14H13BrN2O3/c1-19-10-3-4-11(15)12(8-10)17-13-7-9(5-6-16-13)14(18)20-2/h3-8H,1-2H3,(H,16,17). The van der Waals surface area contributed by atoms with Gasteiger partial charge in [0.25, 0.3) is 0 Å². The quantitative estimate of drug-likeness (QED) is 0.867. The first kappa shape index (κ1) is 14.3. The molecule has 0 aliphatic heterocycles. The Kier molecular flexibility index (Phi) is 4.57. The number of ether oxygens (including phenoxy) is 2. The van der Waals surface area contributed by atoms with Gasteiger partial charge in [0.1, 0.15) is 11.6 Å². The number of aromatic nitrogens is 1. The smallest absolute Gasteiger partial charge is 0.338 e. The Bertz CT molecular complexity index is 632. The van der Waals surface area contributed by atoms with Gasteiger partial charge in [0, 0.05) is 16.7 Å². The summed E-state index contributed by atoms with van der Waals surface area (Å²) in [5.41, 5.74) is 1.22. The molecule has 0 fully saturated rings. The van der Waals surface area contributed by atoms with Crippen LogP contribution in [0.15, 0.2) is 41.0 Å². The Morgan fingerprint density at radius 1 is 1.25 bits per heavy atom. The number of hydrogen-bond acceptors (Lipinski definition) is 5. The van der Waals surface area contributed by atoms with Gasteiger partial charge in [0.2, 0.25) is 0 Å². The lowest BCUT2D eigenvalue weighted by atomic mass is 10.2. The third-order valence-corrected chi connectivity index (χ3v) is 3.31. The van der Waals surface area contributed by atoms with Crippen LogP contribution in [0.3, 0.4) is 0 Å². The van der Waals surface area contributed by atoms with E-state index in [9.17, 15) is 4.79 Å². The summed E-state index contributed by atoms with van der Waals surface area (Å²) in [6.45, 7) is 0. The molecular formula is C14H13BrN2O3. The maximum Gasteiger partial charge on any atom is 0.338 e. The van der Waals surface area contributed by atoms with Gasteiger partial charge >= 0.3 is 5.97 Å². The summed E-state index contributed by atoms with van der Waals surface area (Å²) in [5, 5.41) is 3.12. The van der Waals surface area contributed by atoms with Gasteiger partial charge in [-0.15, -0.1) is 0 Å². The van der Waals surface area contributed by atoms with Crippen LogP contribution >= 0.6 is 15.9 Å². The number of pyridine rings is 1. The summed E-state index contributed by atoms with van der Waals surface area (Å²) in [7, 11) is 2.94. The molecular weight excluding hydrogens is 324 g/mol. The van der Waals surface area contributed by atoms with Crippen LogP contribution in [0, 0.1) is 0 Å². The van der Waals surface area contributed by atoms with Crippen LogP contribution in [0.4, 0.5) is 11.5 Å². The second kappa shape index (κ2) is 6.38. The van der Waals surface area contributed by atoms with E-state index in [1.165, 1.54) is 7.11 Å². The lowest BCUT2D eigenvalue weighted by Crippen LogP contribution is -2.03. The zero-order chi connectivity index (χ0) is 14.5. The van der Waals surface area contributed by atoms with E-state index in [0.29, 0.717) is 11.4 Å². The van der Waals surface area contributed by atoms with E-state index in [2.05, 4.69) is 31.0 Å². The van der Waals surface area contributed by atoms with Crippen molar-refractivity contribution in [1.29, 1.82) is 0 Å². The molecule has 5 nitrogen and oxygen atoms in total. The number of halogens is 1. The summed E-state index contributed by atoms with van der Waals surface area (Å²) >= 11 is 3.44. The van der Waals surface area contributed by atoms with Gasteiger partial charge in [-0.05, 0) is 40.2 Å². The van der Waals surface area contributed by atoms with Gasteiger partial charge < -0.3 is 14.8 Å². The molecule has 1 aromatic carbocycles. The zero-order valence-corrected chi connectivity index (χ0v) is 12.6. The molecule has 0 atom stereocenters. The summed E-state index contributed by atoms with van der Waals surface area (Å²) < 4.78 is 10.7. The molecule has 1 heterocycles. The summed E-state index contributed by atoms with van der Waals surface area (Å²) in [4.78, 5) is 15.6. The number of rotatable bonds is 4. The molecule has 2 aromatic rings. The van der Waals surface area contributed by atoms with Crippen LogP contribution in [-0.2, 0) is 4.74 Å². The highest BCUT2D eigenvalue weighted by molar-refractivity contribution is 9.10. The van der Waals surface area contributed by atoms with Crippen molar-refractivity contribution in [2.45, 2.75) is 0 Å². The molecule has 0 unspecified atom stereocenters. The van der Waals surface area contributed by atoms with E-state index in [4.69, 9.17) is 4.74 Å². The molecule has 2 rings (SSSR count). The highest BCUT2D eigenvalue weighted by Gasteiger charge is 2.08. The van der Waals surface area contributed by atoms with Crippen LogP contribution in [0.5, 0.6) is 5.75 Å². The molecule has 1 N–H and O–H groups in total. The summed E-state index contributed by atoms with van der Waals surface area (Å²) in [6, 6.07) is 8.75. The van der Waals surface area contributed by atoms with E-state index < -0.39 is 5.97 Å². The molecule has 20 heavy (non-hydrogen) atoms. The monoisotopic (exact) mass is 336 g/mol. The fourth-order valence-electron chi connectivity index (χ4n) is 1.61. The Morgan fingerprint density at radius 2 is 2.05 bits per heavy atom. The van der Waals surface area contributed by atoms with Gasteiger partial charge in [-0.1, -0.05) is 0 Å². The van der Waals surface area contributed by atoms with Gasteiger partial charge in [0.05, 0.1) is 25.5 Å². The van der Waals surface area contributed by atoms with Crippen molar-refractivity contribution in [1.82, 2.24) is 4.98 Å². The van der Waals surface area contributed by atoms with Crippen LogP contribution < -0.4 is 10.1 Å². The number of hydrogen-bond donors (Lipinski definition) is 1. The van der Waals surface area contributed by atoms with Gasteiger partial charge in [-0.3, -0.25) is 0 Å². The molecule has 0 saturated heterocycles. The minimum Gasteiger partial charge on any atom is -0.497 e. The van der Waals surface area contributed by atoms with E-state index in [1.807, 2.05) is 18.2 Å². The molecule has 0 radical (unpaired) electrons. The Labute approximate surface area is 125 Å². The van der Waals surface area contributed by atoms with Gasteiger partial charge in [-0.25, -0.2) is 9.78 Å². The Balaban J connectivity index is 2.28. The fourth-order valence-corrected chi connectivity index (χ4v) is 1.95. The minimum absolute atomic E-state index is 0.403. The van der Waals surface area contributed by atoms with Crippen LogP contribution in [0.25, 0.3) is 0 Å². The number of nitrogens with zero attached hydrogens (tertiary/aromatic N) is 1. The molecule has 0 aliphatic carbocycles. The Hall–Kier alpha value is -2.08. The van der Waals surface area contributed by atoms with E-state index >= 15 is 0 Å². The van der Waals surface area contributed by atoms with Crippen LogP contribution in [0.2, 0.25) is 0 Å². The second-order valence-corrected chi connectivity index (χ2v) is 4.75. The van der Waals surface area contributed by atoms with Gasteiger partial charge in [-0.2, -0.15) is 0 Å². The molecule has 0 aliphatic rings. The second-order valence-electron chi connectivity index (χ2n) is 3.89. The highest BCUT2D eigenvalue weighted by atomic mass is 79.9. The summed E-state index contributed by atoms with van der Waals surface area (Å²) in [5.74, 6) is 0.863. The number of nitrogens with one attached hydrogen (secondary N) is 1. The maximum absolute atomic E-state index is 11.5. The fraction of sp³-hybridized carbons (Fsp3) is 0.143. The predicted octanol–water partition coefficient (Wildman–Crippen LogP) is 3.38. The van der Waals surface area contributed by atoms with Crippen molar-refractivity contribution in [2.75, 3.05) is 19.5 Å². The van der Waals surface area contributed by atoms with Crippen molar-refractivity contribution in [3.63, 3.8) is 0 Å². The first-order valence-electron chi connectivity index (χ1n) is 5.79. The molecule has 1 aromatic heterocycles. The number of esters is 1. The maximum atomic E-state index is 11.5. The minimum atomic E-state index is -0.403. The normalized spacial score (nSPS) is 9.95. The number of methoxy groups -OCH3 is 2. The number of anilines is 2. The largest absolute Gasteiger partial charge is 0.497 e. The van der Waals surface area contributed by atoms with Gasteiger partial charge in [0.15, 0.2) is 0 Å². The molecule has 104 valence electrons. The van der Waals surface area contributed by atoms with Crippen molar-refractivity contribution in [2.24, 2.45) is 0 Å². The average molecular weight is 337 g/mol. The first-order valence-corrected chi connectivity index (χ1v) is 6.58. The molecule has 0 bridgehead atoms. The zero-order valence-electron chi connectivity index (χ0n) is 11.0. The lowest BCUT2D eigenvalue weighted by molar-refractivity contribution is 0.0600. The van der Waals surface area contributed by atoms with Crippen molar-refractivity contribution in [3.05, 3.63) is 46.6 Å². The third-order valence-electron chi connectivity index (χ3n) is 2.62. The lowest BCUT2D eigenvalue weighted by Gasteiger charge is -2.10. The molecule has 6 heteroatoms. The van der Waals surface area contributed by atoms with E-state index in [0.717, 1.165) is 15.9 Å². The first-order chi connectivity index (χ1) is 9.63. The molecule has 0 amide bonds. The van der Waals surface area contributed by atoms with Crippen molar-refractivity contribution < 1.29 is 14.3 Å². The van der Waals surface area contributed by atoms with E-state index in [1.54, 1.807) is 25.4 Å². The Morgan fingerprint density at radius 3 is 2.75 bits per heavy atom. The molecule has 0 saturated carbocycles. The number of benzene rings is 1.